The molecule has 0 bridgehead atoms. The van der Waals surface area contributed by atoms with E-state index in [0.29, 0.717) is 17.9 Å². The molecule has 1 heterocycles. The summed E-state index contributed by atoms with van der Waals surface area (Å²) in [6.45, 7) is 2.68. The summed E-state index contributed by atoms with van der Waals surface area (Å²) in [5, 5.41) is 8.96. The average Bonchev–Trinajstić information content (AvgIpc) is 2.87. The molecule has 4 heteroatoms. The highest BCUT2D eigenvalue weighted by atomic mass is 16.5. The molecule has 0 saturated carbocycles. The predicted molar refractivity (Wildman–Crippen MR) is 73.8 cm³/mol. The van der Waals surface area contributed by atoms with E-state index >= 15 is 0 Å². The number of hydrogen-bond acceptors (Lipinski definition) is 3. The quantitative estimate of drug-likeness (QED) is 0.912. The third-order valence-electron chi connectivity index (χ3n) is 3.07. The van der Waals surface area contributed by atoms with Crippen LogP contribution in [0.25, 0.3) is 0 Å². The standard InChI is InChI=1S/C15H17N3O/c1-11(17)14-4-3-7-18(14)10-12-5-6-13(9-16)15(8-12)19-2/h3-8,11H,10,17H2,1-2H3. The van der Waals surface area contributed by atoms with E-state index in [1.807, 2.05) is 37.4 Å². The van der Waals surface area contributed by atoms with Gasteiger partial charge in [-0.15, -0.1) is 0 Å². The van der Waals surface area contributed by atoms with Gasteiger partial charge in [-0.25, -0.2) is 0 Å². The number of benzene rings is 1. The van der Waals surface area contributed by atoms with Gasteiger partial charge < -0.3 is 15.0 Å². The number of ether oxygens (including phenoxy) is 1. The summed E-state index contributed by atoms with van der Waals surface area (Å²) in [7, 11) is 1.57. The molecule has 4 nitrogen and oxygen atoms in total. The smallest absolute Gasteiger partial charge is 0.136 e. The minimum Gasteiger partial charge on any atom is -0.495 e. The van der Waals surface area contributed by atoms with Crippen molar-refractivity contribution in [2.75, 3.05) is 7.11 Å². The molecule has 0 aliphatic rings. The van der Waals surface area contributed by atoms with Crippen LogP contribution in [0, 0.1) is 11.3 Å². The van der Waals surface area contributed by atoms with E-state index in [1.54, 1.807) is 13.2 Å². The number of aromatic nitrogens is 1. The van der Waals surface area contributed by atoms with Crippen molar-refractivity contribution < 1.29 is 4.74 Å². The summed E-state index contributed by atoms with van der Waals surface area (Å²) in [4.78, 5) is 0. The van der Waals surface area contributed by atoms with Gasteiger partial charge in [0.1, 0.15) is 11.8 Å². The van der Waals surface area contributed by atoms with E-state index in [-0.39, 0.29) is 6.04 Å². The van der Waals surface area contributed by atoms with E-state index in [4.69, 9.17) is 15.7 Å². The number of rotatable bonds is 4. The minimum absolute atomic E-state index is 0.00437. The van der Waals surface area contributed by atoms with Crippen LogP contribution in [0.15, 0.2) is 36.5 Å². The average molecular weight is 255 g/mol. The van der Waals surface area contributed by atoms with Gasteiger partial charge in [-0.2, -0.15) is 5.26 Å². The van der Waals surface area contributed by atoms with Crippen molar-refractivity contribution in [3.8, 4) is 11.8 Å². The zero-order chi connectivity index (χ0) is 13.8. The summed E-state index contributed by atoms with van der Waals surface area (Å²) < 4.78 is 7.32. The third-order valence-corrected chi connectivity index (χ3v) is 3.07. The van der Waals surface area contributed by atoms with Crippen molar-refractivity contribution in [3.05, 3.63) is 53.3 Å². The maximum Gasteiger partial charge on any atom is 0.136 e. The van der Waals surface area contributed by atoms with Crippen molar-refractivity contribution >= 4 is 0 Å². The number of nitriles is 1. The van der Waals surface area contributed by atoms with Crippen LogP contribution in [0.3, 0.4) is 0 Å². The molecule has 0 spiro atoms. The lowest BCUT2D eigenvalue weighted by Gasteiger charge is -2.13. The van der Waals surface area contributed by atoms with Gasteiger partial charge in [-0.05, 0) is 36.8 Å². The lowest BCUT2D eigenvalue weighted by atomic mass is 10.1. The van der Waals surface area contributed by atoms with Crippen LogP contribution in [-0.2, 0) is 6.54 Å². The lowest BCUT2D eigenvalue weighted by Crippen LogP contribution is -2.12. The third kappa shape index (κ3) is 2.78. The molecular formula is C15H17N3O. The minimum atomic E-state index is -0.00437. The van der Waals surface area contributed by atoms with Gasteiger partial charge in [0.15, 0.2) is 0 Å². The van der Waals surface area contributed by atoms with Crippen molar-refractivity contribution in [3.63, 3.8) is 0 Å². The van der Waals surface area contributed by atoms with E-state index in [2.05, 4.69) is 10.6 Å². The Morgan fingerprint density at radius 1 is 1.42 bits per heavy atom. The fourth-order valence-electron chi connectivity index (χ4n) is 2.11. The topological polar surface area (TPSA) is 64.0 Å². The Morgan fingerprint density at radius 2 is 2.21 bits per heavy atom. The molecule has 0 fully saturated rings. The molecule has 1 unspecified atom stereocenters. The first-order valence-electron chi connectivity index (χ1n) is 6.13. The Bertz CT molecular complexity index is 608. The summed E-state index contributed by atoms with van der Waals surface area (Å²) >= 11 is 0. The summed E-state index contributed by atoms with van der Waals surface area (Å²) in [5.41, 5.74) is 8.64. The van der Waals surface area contributed by atoms with Gasteiger partial charge in [-0.1, -0.05) is 6.07 Å². The van der Waals surface area contributed by atoms with Gasteiger partial charge in [0.2, 0.25) is 0 Å². The van der Waals surface area contributed by atoms with Crippen LogP contribution in [0.2, 0.25) is 0 Å². The molecule has 0 aliphatic heterocycles. The zero-order valence-corrected chi connectivity index (χ0v) is 11.1. The van der Waals surface area contributed by atoms with Gasteiger partial charge in [0, 0.05) is 24.5 Å². The molecule has 2 rings (SSSR count). The highest BCUT2D eigenvalue weighted by Gasteiger charge is 2.08. The van der Waals surface area contributed by atoms with Gasteiger partial charge in [0.25, 0.3) is 0 Å². The first-order valence-corrected chi connectivity index (χ1v) is 6.13. The fourth-order valence-corrected chi connectivity index (χ4v) is 2.11. The maximum atomic E-state index is 8.96. The van der Waals surface area contributed by atoms with E-state index in [1.165, 1.54) is 0 Å². The molecule has 1 aromatic heterocycles. The first kappa shape index (κ1) is 13.2. The monoisotopic (exact) mass is 255 g/mol. The van der Waals surface area contributed by atoms with Crippen LogP contribution in [0.5, 0.6) is 5.75 Å². The molecule has 0 amide bonds. The Balaban J connectivity index is 2.29. The molecule has 0 radical (unpaired) electrons. The lowest BCUT2D eigenvalue weighted by molar-refractivity contribution is 0.412. The molecule has 19 heavy (non-hydrogen) atoms. The van der Waals surface area contributed by atoms with Crippen molar-refractivity contribution in [2.45, 2.75) is 19.5 Å². The highest BCUT2D eigenvalue weighted by molar-refractivity contribution is 5.45. The molecule has 0 aliphatic carbocycles. The predicted octanol–water partition coefficient (Wildman–Crippen LogP) is 2.44. The highest BCUT2D eigenvalue weighted by Crippen LogP contribution is 2.21. The molecule has 1 atom stereocenters. The maximum absolute atomic E-state index is 8.96. The molecule has 1 aromatic carbocycles. The molecule has 2 N–H and O–H groups in total. The summed E-state index contributed by atoms with van der Waals surface area (Å²) in [6, 6.07) is 11.7. The SMILES string of the molecule is COc1cc(Cn2cccc2C(C)N)ccc1C#N. The summed E-state index contributed by atoms with van der Waals surface area (Å²) in [6.07, 6.45) is 2.00. The number of nitrogens with two attached hydrogens (primary N) is 1. The normalized spacial score (nSPS) is 11.9. The van der Waals surface area contributed by atoms with Crippen molar-refractivity contribution in [1.82, 2.24) is 4.57 Å². The molecule has 98 valence electrons. The second-order valence-electron chi connectivity index (χ2n) is 4.50. The second kappa shape index (κ2) is 5.59. The Hall–Kier alpha value is -2.25. The van der Waals surface area contributed by atoms with E-state index < -0.39 is 0 Å². The second-order valence-corrected chi connectivity index (χ2v) is 4.50. The largest absolute Gasteiger partial charge is 0.495 e. The Labute approximate surface area is 113 Å². The summed E-state index contributed by atoms with van der Waals surface area (Å²) in [5.74, 6) is 0.606. The van der Waals surface area contributed by atoms with Crippen molar-refractivity contribution in [2.24, 2.45) is 5.73 Å². The van der Waals surface area contributed by atoms with Gasteiger partial charge in [-0.3, -0.25) is 0 Å². The Morgan fingerprint density at radius 3 is 2.84 bits per heavy atom. The number of hydrogen-bond donors (Lipinski definition) is 1. The van der Waals surface area contributed by atoms with Gasteiger partial charge >= 0.3 is 0 Å². The number of nitrogens with zero attached hydrogens (tertiary/aromatic N) is 2. The van der Waals surface area contributed by atoms with Crippen LogP contribution in [0.4, 0.5) is 0 Å². The van der Waals surface area contributed by atoms with Crippen LogP contribution in [0.1, 0.15) is 29.8 Å². The van der Waals surface area contributed by atoms with Crippen molar-refractivity contribution in [1.29, 1.82) is 5.26 Å². The zero-order valence-electron chi connectivity index (χ0n) is 11.1. The van der Waals surface area contributed by atoms with E-state index in [9.17, 15) is 0 Å². The number of methoxy groups -OCH3 is 1. The Kier molecular flexibility index (Phi) is 3.88. The van der Waals surface area contributed by atoms with Crippen LogP contribution < -0.4 is 10.5 Å². The van der Waals surface area contributed by atoms with Gasteiger partial charge in [0.05, 0.1) is 12.7 Å². The molecule has 2 aromatic rings. The van der Waals surface area contributed by atoms with Crippen LogP contribution >= 0.6 is 0 Å². The molecule has 0 saturated heterocycles. The fraction of sp³-hybridized carbons (Fsp3) is 0.267. The molecular weight excluding hydrogens is 238 g/mol. The van der Waals surface area contributed by atoms with Crippen LogP contribution in [-0.4, -0.2) is 11.7 Å². The van der Waals surface area contributed by atoms with E-state index in [0.717, 1.165) is 11.3 Å². The first-order chi connectivity index (χ1) is 9.15.